The molecule has 1 unspecified atom stereocenters. The highest BCUT2D eigenvalue weighted by Gasteiger charge is 2.26. The summed E-state index contributed by atoms with van der Waals surface area (Å²) in [5, 5.41) is 3.27. The summed E-state index contributed by atoms with van der Waals surface area (Å²) in [6.45, 7) is 0. The Kier molecular flexibility index (Phi) is 5.89. The lowest BCUT2D eigenvalue weighted by atomic mass is 9.88. The molecule has 148 valence electrons. The van der Waals surface area contributed by atoms with Gasteiger partial charge in [0, 0.05) is 17.7 Å². The van der Waals surface area contributed by atoms with Gasteiger partial charge in [-0.25, -0.2) is 0 Å². The van der Waals surface area contributed by atoms with Crippen LogP contribution in [0.5, 0.6) is 0 Å². The molecular formula is C25H26N2O2. The number of carbonyl (C=O) groups excluding carboxylic acids is 1. The topological polar surface area (TPSA) is 62.0 Å². The fourth-order valence-electron chi connectivity index (χ4n) is 4.19. The van der Waals surface area contributed by atoms with Gasteiger partial charge in [-0.1, -0.05) is 60.7 Å². The Balaban J connectivity index is 1.54. The zero-order valence-corrected chi connectivity index (χ0v) is 16.4. The van der Waals surface area contributed by atoms with Gasteiger partial charge in [0.25, 0.3) is 0 Å². The van der Waals surface area contributed by atoms with E-state index in [4.69, 9.17) is 0 Å². The number of hydrogen-bond donors (Lipinski definition) is 2. The van der Waals surface area contributed by atoms with Crippen LogP contribution >= 0.6 is 0 Å². The van der Waals surface area contributed by atoms with Gasteiger partial charge in [0.2, 0.25) is 11.5 Å². The number of aryl methyl sites for hydroxylation is 1. The molecule has 0 saturated carbocycles. The largest absolute Gasteiger partial charge is 0.349 e. The molecule has 4 heteroatoms. The molecule has 0 bridgehead atoms. The Morgan fingerprint density at radius 1 is 0.931 bits per heavy atom. The van der Waals surface area contributed by atoms with Gasteiger partial charge in [-0.3, -0.25) is 9.59 Å². The van der Waals surface area contributed by atoms with Crippen molar-refractivity contribution in [2.75, 3.05) is 0 Å². The molecule has 3 aromatic rings. The van der Waals surface area contributed by atoms with Crippen LogP contribution in [-0.4, -0.2) is 10.9 Å². The zero-order valence-electron chi connectivity index (χ0n) is 16.4. The second kappa shape index (κ2) is 8.91. The molecule has 0 fully saturated rings. The number of fused-ring (bicyclic) bond motifs is 1. The highest BCUT2D eigenvalue weighted by Crippen LogP contribution is 2.28. The molecule has 1 amide bonds. The van der Waals surface area contributed by atoms with Crippen molar-refractivity contribution in [1.82, 2.24) is 10.3 Å². The molecule has 0 saturated heterocycles. The second-order valence-corrected chi connectivity index (χ2v) is 7.79. The van der Waals surface area contributed by atoms with Gasteiger partial charge in [0.1, 0.15) is 0 Å². The van der Waals surface area contributed by atoms with Crippen molar-refractivity contribution in [2.45, 2.75) is 38.1 Å². The molecule has 1 heterocycles. The van der Waals surface area contributed by atoms with E-state index in [1.54, 1.807) is 6.07 Å². The van der Waals surface area contributed by atoms with E-state index in [1.165, 1.54) is 0 Å². The average molecular weight is 386 g/mol. The third kappa shape index (κ3) is 4.83. The summed E-state index contributed by atoms with van der Waals surface area (Å²) < 4.78 is 0. The summed E-state index contributed by atoms with van der Waals surface area (Å²) >= 11 is 0. The first-order valence-electron chi connectivity index (χ1n) is 10.3. The van der Waals surface area contributed by atoms with Crippen LogP contribution < -0.4 is 10.9 Å². The van der Waals surface area contributed by atoms with Crippen molar-refractivity contribution in [3.8, 4) is 0 Å². The first-order valence-corrected chi connectivity index (χ1v) is 10.3. The van der Waals surface area contributed by atoms with E-state index in [0.717, 1.165) is 41.6 Å². The van der Waals surface area contributed by atoms with Gasteiger partial charge in [-0.15, -0.1) is 0 Å². The number of aromatic amines is 1. The van der Waals surface area contributed by atoms with Crippen LogP contribution in [0.25, 0.3) is 0 Å². The van der Waals surface area contributed by atoms with Crippen molar-refractivity contribution in [3.63, 3.8) is 0 Å². The van der Waals surface area contributed by atoms with E-state index in [9.17, 15) is 9.59 Å². The number of aromatic nitrogens is 1. The van der Waals surface area contributed by atoms with Crippen molar-refractivity contribution >= 4 is 5.91 Å². The van der Waals surface area contributed by atoms with Gasteiger partial charge >= 0.3 is 0 Å². The number of rotatable bonds is 6. The fraction of sp³-hybridized carbons (Fsp3) is 0.280. The predicted octanol–water partition coefficient (Wildman–Crippen LogP) is 3.97. The minimum Gasteiger partial charge on any atom is -0.349 e. The third-order valence-electron chi connectivity index (χ3n) is 5.67. The summed E-state index contributed by atoms with van der Waals surface area (Å²) in [6, 6.07) is 23.7. The Morgan fingerprint density at radius 2 is 1.55 bits per heavy atom. The number of carbonyl (C=O) groups is 1. The first kappa shape index (κ1) is 19.2. The average Bonchev–Trinajstić information content (AvgIpc) is 2.75. The molecule has 0 radical (unpaired) electrons. The van der Waals surface area contributed by atoms with Crippen molar-refractivity contribution < 1.29 is 4.79 Å². The van der Waals surface area contributed by atoms with Crippen molar-refractivity contribution in [3.05, 3.63) is 106 Å². The van der Waals surface area contributed by atoms with Gasteiger partial charge in [0.15, 0.2) is 0 Å². The van der Waals surface area contributed by atoms with E-state index >= 15 is 0 Å². The van der Waals surface area contributed by atoms with Crippen molar-refractivity contribution in [2.24, 2.45) is 5.92 Å². The maximum Gasteiger partial charge on any atom is 0.248 e. The smallest absolute Gasteiger partial charge is 0.248 e. The van der Waals surface area contributed by atoms with Crippen LogP contribution in [0.4, 0.5) is 0 Å². The highest BCUT2D eigenvalue weighted by atomic mass is 16.2. The number of nitrogens with one attached hydrogen (secondary N) is 2. The molecule has 2 N–H and O–H groups in total. The van der Waals surface area contributed by atoms with E-state index < -0.39 is 0 Å². The van der Waals surface area contributed by atoms with Crippen LogP contribution in [0.1, 0.15) is 41.3 Å². The molecule has 0 aliphatic heterocycles. The molecule has 1 aromatic heterocycles. The number of hydrogen-bond acceptors (Lipinski definition) is 2. The van der Waals surface area contributed by atoms with Gasteiger partial charge in [0.05, 0.1) is 6.04 Å². The lowest BCUT2D eigenvalue weighted by molar-refractivity contribution is -0.125. The second-order valence-electron chi connectivity index (χ2n) is 7.79. The van der Waals surface area contributed by atoms with Crippen LogP contribution in [0.15, 0.2) is 77.6 Å². The SMILES string of the molecule is O=C(NC1CCCc2[nH]c(=O)ccc21)C(Cc1ccccc1)Cc1ccccc1. The normalized spacial score (nSPS) is 15.7. The summed E-state index contributed by atoms with van der Waals surface area (Å²) in [5.41, 5.74) is 4.25. The summed E-state index contributed by atoms with van der Waals surface area (Å²) in [4.78, 5) is 27.9. The van der Waals surface area contributed by atoms with E-state index in [0.29, 0.717) is 12.8 Å². The minimum atomic E-state index is -0.145. The van der Waals surface area contributed by atoms with Crippen molar-refractivity contribution in [1.29, 1.82) is 0 Å². The lowest BCUT2D eigenvalue weighted by Gasteiger charge is -2.28. The Labute approximate surface area is 171 Å². The molecule has 1 atom stereocenters. The number of H-pyrrole nitrogens is 1. The zero-order chi connectivity index (χ0) is 20.1. The maximum atomic E-state index is 13.3. The van der Waals surface area contributed by atoms with E-state index in [1.807, 2.05) is 42.5 Å². The van der Waals surface area contributed by atoms with Gasteiger partial charge in [-0.2, -0.15) is 0 Å². The first-order chi connectivity index (χ1) is 14.2. The van der Waals surface area contributed by atoms with Crippen LogP contribution in [0, 0.1) is 5.92 Å². The Hall–Kier alpha value is -3.14. The lowest BCUT2D eigenvalue weighted by Crippen LogP contribution is -2.37. The number of amides is 1. The predicted molar refractivity (Wildman–Crippen MR) is 115 cm³/mol. The van der Waals surface area contributed by atoms with Crippen LogP contribution in [0.3, 0.4) is 0 Å². The summed E-state index contributed by atoms with van der Waals surface area (Å²) in [7, 11) is 0. The minimum absolute atomic E-state index is 0.0443. The monoisotopic (exact) mass is 386 g/mol. The number of benzene rings is 2. The molecule has 0 spiro atoms. The van der Waals surface area contributed by atoms with Gasteiger partial charge < -0.3 is 10.3 Å². The van der Waals surface area contributed by atoms with Crippen LogP contribution in [-0.2, 0) is 24.1 Å². The highest BCUT2D eigenvalue weighted by molar-refractivity contribution is 5.80. The van der Waals surface area contributed by atoms with E-state index in [-0.39, 0.29) is 23.4 Å². The third-order valence-corrected chi connectivity index (χ3v) is 5.67. The summed E-state index contributed by atoms with van der Waals surface area (Å²) in [5.74, 6) is -0.0744. The molecule has 1 aliphatic rings. The van der Waals surface area contributed by atoms with Gasteiger partial charge in [-0.05, 0) is 54.9 Å². The Bertz CT molecular complexity index is 970. The summed E-state index contributed by atoms with van der Waals surface area (Å²) in [6.07, 6.45) is 4.11. The molecule has 1 aliphatic carbocycles. The molecule has 4 rings (SSSR count). The molecule has 29 heavy (non-hydrogen) atoms. The van der Waals surface area contributed by atoms with E-state index in [2.05, 4.69) is 34.6 Å². The van der Waals surface area contributed by atoms with Crippen LogP contribution in [0.2, 0.25) is 0 Å². The quantitative estimate of drug-likeness (QED) is 0.673. The molecule has 2 aromatic carbocycles. The fourth-order valence-corrected chi connectivity index (χ4v) is 4.19. The standard InChI is InChI=1S/C25H26N2O2/c28-24-15-14-21-22(26-24)12-7-13-23(21)27-25(29)20(16-18-8-3-1-4-9-18)17-19-10-5-2-6-11-19/h1-6,8-11,14-15,20,23H,7,12-13,16-17H2,(H,26,28)(H,27,29). The molecular weight excluding hydrogens is 360 g/mol. The Morgan fingerprint density at radius 3 is 2.17 bits per heavy atom. The number of pyridine rings is 1. The molecule has 4 nitrogen and oxygen atoms in total. The maximum absolute atomic E-state index is 13.3.